The molecule has 2 aliphatic heterocycles. The molecule has 0 saturated carbocycles. The minimum absolute atomic E-state index is 0.179. The van der Waals surface area contributed by atoms with Gasteiger partial charge in [0.2, 0.25) is 0 Å². The number of oxime groups is 1. The first kappa shape index (κ1) is 26.9. The van der Waals surface area contributed by atoms with E-state index in [0.717, 1.165) is 38.9 Å². The van der Waals surface area contributed by atoms with Gasteiger partial charge in [-0.15, -0.1) is 0 Å². The Balaban J connectivity index is 1.16. The summed E-state index contributed by atoms with van der Waals surface area (Å²) in [6.45, 7) is 6.28. The maximum atomic E-state index is 13.2. The molecule has 2 aromatic carbocycles. The first-order chi connectivity index (χ1) is 19.0. The number of aromatic nitrogens is 1. The summed E-state index contributed by atoms with van der Waals surface area (Å²) in [5.74, 6) is -0.179. The molecular weight excluding hydrogens is 548 g/mol. The molecule has 0 saturated heterocycles. The van der Waals surface area contributed by atoms with Gasteiger partial charge in [-0.25, -0.2) is 0 Å². The van der Waals surface area contributed by atoms with Gasteiger partial charge in [0, 0.05) is 40.3 Å². The largest absolute Gasteiger partial charge is 0.492 e. The van der Waals surface area contributed by atoms with Crippen molar-refractivity contribution in [1.82, 2.24) is 9.72 Å². The zero-order valence-electron chi connectivity index (χ0n) is 22.4. The minimum Gasteiger partial charge on any atom is -0.423 e. The van der Waals surface area contributed by atoms with E-state index in [4.69, 9.17) is 32.7 Å². The normalized spacial score (nSPS) is 19.4. The molecule has 1 unspecified atom stereocenters. The van der Waals surface area contributed by atoms with Crippen molar-refractivity contribution in [3.63, 3.8) is 0 Å². The number of hydrogen-bond acceptors (Lipinski definition) is 5. The Labute approximate surface area is 242 Å². The number of carbonyl (C=O) groups excluding carboxylic acids is 1. The summed E-state index contributed by atoms with van der Waals surface area (Å²) in [5.41, 5.74) is 5.45. The van der Waals surface area contributed by atoms with E-state index in [0.29, 0.717) is 35.1 Å². The fraction of sp³-hybridized carbons (Fsp3) is 0.267. The van der Waals surface area contributed by atoms with E-state index in [1.165, 1.54) is 0 Å². The molecule has 0 spiro atoms. The van der Waals surface area contributed by atoms with Gasteiger partial charge < -0.3 is 24.2 Å². The van der Waals surface area contributed by atoms with Crippen molar-refractivity contribution in [2.45, 2.75) is 44.8 Å². The fourth-order valence-corrected chi connectivity index (χ4v) is 6.13. The standard InChI is InChI=1S/C30H28BCl2N3O4/c1-29(2)23-8-6-18(13-24(23)31(38)39-29)10-11-34-28(37)27-9-7-22(26-5-4-12-36(26)27)25-17-30(3,40-35-25)19-14-20(32)16-21(33)15-19/h4-9,12-16,38H,10-11,17H2,1-3H3,(H,34,37). The predicted molar refractivity (Wildman–Crippen MR) is 158 cm³/mol. The molecule has 2 aromatic heterocycles. The van der Waals surface area contributed by atoms with Gasteiger partial charge in [-0.05, 0) is 86.2 Å². The highest BCUT2D eigenvalue weighted by Crippen LogP contribution is 2.39. The summed E-state index contributed by atoms with van der Waals surface area (Å²) in [6.07, 6.45) is 3.01. The second kappa shape index (κ2) is 9.96. The molecule has 10 heteroatoms. The number of rotatable bonds is 6. The van der Waals surface area contributed by atoms with Crippen molar-refractivity contribution >= 4 is 52.9 Å². The van der Waals surface area contributed by atoms with Crippen molar-refractivity contribution in [2.75, 3.05) is 6.54 Å². The SMILES string of the molecule is CC1(C)OB(O)c2cc(CCNC(=O)c3ccc(C4=NOC(C)(c5cc(Cl)cc(Cl)c5)C4)c4cccn34)ccc21. The molecule has 4 heterocycles. The van der Waals surface area contributed by atoms with Gasteiger partial charge in [-0.3, -0.25) is 4.79 Å². The van der Waals surface area contributed by atoms with Crippen molar-refractivity contribution in [3.8, 4) is 0 Å². The van der Waals surface area contributed by atoms with Crippen LogP contribution in [0.1, 0.15) is 59.9 Å². The molecule has 1 amide bonds. The maximum absolute atomic E-state index is 13.2. The van der Waals surface area contributed by atoms with Gasteiger partial charge in [-0.2, -0.15) is 0 Å². The summed E-state index contributed by atoms with van der Waals surface area (Å²) in [5, 5.41) is 18.8. The Morgan fingerprint density at radius 3 is 2.65 bits per heavy atom. The van der Waals surface area contributed by atoms with Crippen LogP contribution in [0.2, 0.25) is 10.0 Å². The van der Waals surface area contributed by atoms with E-state index >= 15 is 0 Å². The number of nitrogens with zero attached hydrogens (tertiary/aromatic N) is 2. The third kappa shape index (κ3) is 4.79. The van der Waals surface area contributed by atoms with Gasteiger partial charge in [0.15, 0.2) is 5.60 Å². The first-order valence-electron chi connectivity index (χ1n) is 13.1. The number of hydrogen-bond donors (Lipinski definition) is 2. The van der Waals surface area contributed by atoms with Crippen molar-refractivity contribution in [3.05, 3.63) is 105 Å². The molecule has 6 rings (SSSR count). The van der Waals surface area contributed by atoms with Crippen LogP contribution in [0.25, 0.3) is 5.52 Å². The third-order valence-corrected chi connectivity index (χ3v) is 8.14. The molecule has 1 atom stereocenters. The number of carbonyl (C=O) groups is 1. The summed E-state index contributed by atoms with van der Waals surface area (Å²) in [7, 11) is -0.934. The summed E-state index contributed by atoms with van der Waals surface area (Å²) in [4.78, 5) is 19.1. The Bertz CT molecular complexity index is 1660. The second-order valence-electron chi connectivity index (χ2n) is 11.0. The molecule has 2 aliphatic rings. The van der Waals surface area contributed by atoms with Gasteiger partial charge in [0.05, 0.1) is 16.8 Å². The van der Waals surface area contributed by atoms with Crippen molar-refractivity contribution in [1.29, 1.82) is 0 Å². The first-order valence-corrected chi connectivity index (χ1v) is 13.9. The second-order valence-corrected chi connectivity index (χ2v) is 11.9. The van der Waals surface area contributed by atoms with Crippen molar-refractivity contribution < 1.29 is 19.3 Å². The average molecular weight is 576 g/mol. The molecular formula is C30H28BCl2N3O4. The number of amides is 1. The quantitative estimate of drug-likeness (QED) is 0.309. The number of pyridine rings is 1. The monoisotopic (exact) mass is 575 g/mol. The highest BCUT2D eigenvalue weighted by molar-refractivity contribution is 6.62. The van der Waals surface area contributed by atoms with E-state index < -0.39 is 18.3 Å². The highest BCUT2D eigenvalue weighted by Gasteiger charge is 2.40. The Morgan fingerprint density at radius 2 is 1.88 bits per heavy atom. The number of halogens is 2. The topological polar surface area (TPSA) is 84.6 Å². The zero-order chi connectivity index (χ0) is 28.2. The molecule has 0 bridgehead atoms. The number of fused-ring (bicyclic) bond motifs is 2. The predicted octanol–water partition coefficient (Wildman–Crippen LogP) is 5.21. The highest BCUT2D eigenvalue weighted by atomic mass is 35.5. The smallest absolute Gasteiger partial charge is 0.423 e. The van der Waals surface area contributed by atoms with Crippen LogP contribution in [-0.4, -0.2) is 34.7 Å². The lowest BCUT2D eigenvalue weighted by Gasteiger charge is -2.22. The van der Waals surface area contributed by atoms with Gasteiger partial charge in [0.25, 0.3) is 5.91 Å². The van der Waals surface area contributed by atoms with Gasteiger partial charge >= 0.3 is 7.12 Å². The van der Waals surface area contributed by atoms with Crippen LogP contribution < -0.4 is 10.8 Å². The van der Waals surface area contributed by atoms with E-state index in [2.05, 4.69) is 10.5 Å². The third-order valence-electron chi connectivity index (χ3n) is 7.71. The van der Waals surface area contributed by atoms with E-state index in [-0.39, 0.29) is 5.91 Å². The number of nitrogens with one attached hydrogen (secondary N) is 1. The summed E-state index contributed by atoms with van der Waals surface area (Å²) in [6, 6.07) is 18.9. The molecule has 0 fully saturated rings. The average Bonchev–Trinajstić information content (AvgIpc) is 3.60. The zero-order valence-corrected chi connectivity index (χ0v) is 23.9. The van der Waals surface area contributed by atoms with Gasteiger partial charge in [0.1, 0.15) is 5.69 Å². The van der Waals surface area contributed by atoms with Crippen molar-refractivity contribution in [2.24, 2.45) is 5.16 Å². The van der Waals surface area contributed by atoms with Crippen LogP contribution >= 0.6 is 23.2 Å². The Kier molecular flexibility index (Phi) is 6.70. The Morgan fingerprint density at radius 1 is 1.10 bits per heavy atom. The molecule has 2 N–H and O–H groups in total. The number of benzene rings is 2. The van der Waals surface area contributed by atoms with Crippen LogP contribution in [0.15, 0.2) is 72.0 Å². The van der Waals surface area contributed by atoms with Gasteiger partial charge in [-0.1, -0.05) is 46.6 Å². The molecule has 0 aliphatic carbocycles. The van der Waals surface area contributed by atoms with Crippen LogP contribution in [0, 0.1) is 0 Å². The fourth-order valence-electron chi connectivity index (χ4n) is 5.60. The van der Waals surface area contributed by atoms with E-state index in [9.17, 15) is 9.82 Å². The summed E-state index contributed by atoms with van der Waals surface area (Å²) >= 11 is 12.5. The molecule has 0 radical (unpaired) electrons. The van der Waals surface area contributed by atoms with Crippen LogP contribution in [0.4, 0.5) is 0 Å². The molecule has 7 nitrogen and oxygen atoms in total. The summed E-state index contributed by atoms with van der Waals surface area (Å²) < 4.78 is 7.52. The lowest BCUT2D eigenvalue weighted by molar-refractivity contribution is -0.00737. The maximum Gasteiger partial charge on any atom is 0.492 e. The minimum atomic E-state index is -0.934. The van der Waals surface area contributed by atoms with Crippen LogP contribution in [0.5, 0.6) is 0 Å². The van der Waals surface area contributed by atoms with E-state index in [1.807, 2.05) is 79.9 Å². The lowest BCUT2D eigenvalue weighted by atomic mass is 9.77. The van der Waals surface area contributed by atoms with Crippen LogP contribution in [-0.2, 0) is 27.1 Å². The molecule has 4 aromatic rings. The lowest BCUT2D eigenvalue weighted by Crippen LogP contribution is -2.30. The van der Waals surface area contributed by atoms with E-state index in [1.54, 1.807) is 12.1 Å². The Hall–Kier alpha value is -3.30. The molecule has 204 valence electrons. The molecule has 40 heavy (non-hydrogen) atoms. The van der Waals surface area contributed by atoms with Crippen LogP contribution in [0.3, 0.4) is 0 Å².